The molecule has 2 heterocycles. The van der Waals surface area contributed by atoms with Gasteiger partial charge in [0.2, 0.25) is 0 Å². The van der Waals surface area contributed by atoms with Gasteiger partial charge in [-0.15, -0.1) is 0 Å². The van der Waals surface area contributed by atoms with Gasteiger partial charge in [-0.05, 0) is 43.3 Å². The Kier molecular flexibility index (Phi) is 5.09. The van der Waals surface area contributed by atoms with Crippen LogP contribution in [0.25, 0.3) is 0 Å². The second-order valence-corrected chi connectivity index (χ2v) is 6.06. The molecule has 2 aromatic heterocycles. The molecule has 20 heavy (non-hydrogen) atoms. The third-order valence-corrected chi connectivity index (χ3v) is 3.49. The zero-order valence-electron chi connectivity index (χ0n) is 12.3. The number of hydrogen-bond acceptors (Lipinski definition) is 5. The number of aromatic nitrogens is 3. The lowest BCUT2D eigenvalue weighted by Crippen LogP contribution is -2.21. The molecule has 5 heteroatoms. The molecule has 4 nitrogen and oxygen atoms in total. The Bertz CT molecular complexity index is 546. The van der Waals surface area contributed by atoms with Crippen molar-refractivity contribution in [2.24, 2.45) is 0 Å². The van der Waals surface area contributed by atoms with Crippen molar-refractivity contribution in [2.45, 2.75) is 50.5 Å². The summed E-state index contributed by atoms with van der Waals surface area (Å²) >= 11 is 1.50. The molecule has 0 amide bonds. The number of nitrogens with one attached hydrogen (secondary N) is 1. The van der Waals surface area contributed by atoms with Crippen LogP contribution in [0.2, 0.25) is 0 Å². The number of aryl methyl sites for hydroxylation is 2. The smallest absolute Gasteiger partial charge is 0.194 e. The molecule has 0 aliphatic carbocycles. The van der Waals surface area contributed by atoms with E-state index < -0.39 is 0 Å². The minimum absolute atomic E-state index is 0.479. The Hall–Kier alpha value is -1.46. The Morgan fingerprint density at radius 1 is 1.15 bits per heavy atom. The van der Waals surface area contributed by atoms with E-state index in [0.29, 0.717) is 6.04 Å². The molecule has 2 aromatic rings. The van der Waals surface area contributed by atoms with Crippen LogP contribution >= 0.6 is 11.8 Å². The largest absolute Gasteiger partial charge is 0.310 e. The van der Waals surface area contributed by atoms with Gasteiger partial charge in [0.15, 0.2) is 5.16 Å². The third-order valence-electron chi connectivity index (χ3n) is 2.67. The lowest BCUT2D eigenvalue weighted by atomic mass is 10.2. The summed E-state index contributed by atoms with van der Waals surface area (Å²) in [6.07, 6.45) is 1.90. The lowest BCUT2D eigenvalue weighted by Gasteiger charge is -2.08. The van der Waals surface area contributed by atoms with Gasteiger partial charge in [-0.2, -0.15) is 0 Å². The standard InChI is InChI=1S/C15H20N4S/c1-10(2)16-8-13-5-6-14(17-9-13)20-15-18-11(3)7-12(4)19-15/h5-7,9-10,16H,8H2,1-4H3. The summed E-state index contributed by atoms with van der Waals surface area (Å²) < 4.78 is 0. The van der Waals surface area contributed by atoms with Crippen molar-refractivity contribution in [3.05, 3.63) is 41.3 Å². The van der Waals surface area contributed by atoms with Crippen molar-refractivity contribution in [1.82, 2.24) is 20.3 Å². The molecule has 0 aliphatic rings. The average molecular weight is 288 g/mol. The van der Waals surface area contributed by atoms with Crippen LogP contribution in [0.15, 0.2) is 34.6 Å². The van der Waals surface area contributed by atoms with Gasteiger partial charge in [0.25, 0.3) is 0 Å². The topological polar surface area (TPSA) is 50.7 Å². The van der Waals surface area contributed by atoms with E-state index in [9.17, 15) is 0 Å². The summed E-state index contributed by atoms with van der Waals surface area (Å²) in [4.78, 5) is 13.3. The van der Waals surface area contributed by atoms with E-state index in [1.165, 1.54) is 17.3 Å². The van der Waals surface area contributed by atoms with Gasteiger partial charge >= 0.3 is 0 Å². The number of pyridine rings is 1. The van der Waals surface area contributed by atoms with Crippen LogP contribution in [-0.2, 0) is 6.54 Å². The Morgan fingerprint density at radius 3 is 2.40 bits per heavy atom. The maximum absolute atomic E-state index is 4.45. The third kappa shape index (κ3) is 4.58. The molecular formula is C15H20N4S. The second kappa shape index (κ2) is 6.81. The molecule has 1 N–H and O–H groups in total. The summed E-state index contributed by atoms with van der Waals surface area (Å²) in [5.74, 6) is 0. The molecule has 0 bridgehead atoms. The van der Waals surface area contributed by atoms with Gasteiger partial charge in [0, 0.05) is 30.2 Å². The molecule has 0 radical (unpaired) electrons. The van der Waals surface area contributed by atoms with Crippen LogP contribution in [0.3, 0.4) is 0 Å². The Labute approximate surface area is 124 Å². The predicted octanol–water partition coefficient (Wildman–Crippen LogP) is 3.14. The zero-order valence-corrected chi connectivity index (χ0v) is 13.2. The molecule has 0 atom stereocenters. The van der Waals surface area contributed by atoms with E-state index in [4.69, 9.17) is 0 Å². The normalized spacial score (nSPS) is 11.1. The van der Waals surface area contributed by atoms with Crippen molar-refractivity contribution >= 4 is 11.8 Å². The highest BCUT2D eigenvalue weighted by atomic mass is 32.2. The van der Waals surface area contributed by atoms with Crippen LogP contribution in [-0.4, -0.2) is 21.0 Å². The monoisotopic (exact) mass is 288 g/mol. The fourth-order valence-corrected chi connectivity index (χ4v) is 2.54. The van der Waals surface area contributed by atoms with E-state index in [2.05, 4.69) is 40.2 Å². The zero-order chi connectivity index (χ0) is 14.5. The van der Waals surface area contributed by atoms with Gasteiger partial charge in [0.05, 0.1) is 0 Å². The first-order valence-electron chi connectivity index (χ1n) is 6.71. The van der Waals surface area contributed by atoms with E-state index in [0.717, 1.165) is 28.1 Å². The SMILES string of the molecule is Cc1cc(C)nc(Sc2ccc(CNC(C)C)cn2)n1. The first kappa shape index (κ1) is 14.9. The maximum atomic E-state index is 4.45. The summed E-state index contributed by atoms with van der Waals surface area (Å²) in [5, 5.41) is 5.05. The van der Waals surface area contributed by atoms with Crippen LogP contribution < -0.4 is 5.32 Å². The van der Waals surface area contributed by atoms with E-state index in [1.807, 2.05) is 32.2 Å². The molecule has 0 fully saturated rings. The number of rotatable bonds is 5. The van der Waals surface area contributed by atoms with Gasteiger partial charge in [-0.25, -0.2) is 15.0 Å². The molecule has 106 valence electrons. The van der Waals surface area contributed by atoms with E-state index in [-0.39, 0.29) is 0 Å². The van der Waals surface area contributed by atoms with Crippen LogP contribution in [0.1, 0.15) is 30.8 Å². The summed E-state index contributed by atoms with van der Waals surface area (Å²) in [7, 11) is 0. The van der Waals surface area contributed by atoms with Gasteiger partial charge in [-0.1, -0.05) is 19.9 Å². The molecular weight excluding hydrogens is 268 g/mol. The Morgan fingerprint density at radius 2 is 1.85 bits per heavy atom. The van der Waals surface area contributed by atoms with Crippen LogP contribution in [0, 0.1) is 13.8 Å². The van der Waals surface area contributed by atoms with Gasteiger partial charge < -0.3 is 5.32 Å². The fourth-order valence-electron chi connectivity index (χ4n) is 1.73. The highest BCUT2D eigenvalue weighted by molar-refractivity contribution is 7.99. The number of hydrogen-bond donors (Lipinski definition) is 1. The summed E-state index contributed by atoms with van der Waals surface area (Å²) in [5.41, 5.74) is 3.15. The minimum atomic E-state index is 0.479. The lowest BCUT2D eigenvalue weighted by molar-refractivity contribution is 0.587. The predicted molar refractivity (Wildman–Crippen MR) is 81.8 cm³/mol. The molecule has 0 saturated carbocycles. The van der Waals surface area contributed by atoms with Gasteiger partial charge in [-0.3, -0.25) is 0 Å². The van der Waals surface area contributed by atoms with Crippen LogP contribution in [0.4, 0.5) is 0 Å². The summed E-state index contributed by atoms with van der Waals surface area (Å²) in [6, 6.07) is 6.56. The van der Waals surface area contributed by atoms with Crippen LogP contribution in [0.5, 0.6) is 0 Å². The molecule has 0 aromatic carbocycles. The fraction of sp³-hybridized carbons (Fsp3) is 0.400. The maximum Gasteiger partial charge on any atom is 0.194 e. The Balaban J connectivity index is 2.03. The molecule has 0 aliphatic heterocycles. The van der Waals surface area contributed by atoms with E-state index in [1.54, 1.807) is 0 Å². The molecule has 0 unspecified atom stereocenters. The highest BCUT2D eigenvalue weighted by Crippen LogP contribution is 2.23. The quantitative estimate of drug-likeness (QED) is 0.857. The highest BCUT2D eigenvalue weighted by Gasteiger charge is 2.04. The first-order valence-corrected chi connectivity index (χ1v) is 7.53. The molecule has 0 saturated heterocycles. The van der Waals surface area contributed by atoms with Crippen molar-refractivity contribution in [1.29, 1.82) is 0 Å². The molecule has 2 rings (SSSR count). The average Bonchev–Trinajstić information content (AvgIpc) is 2.36. The van der Waals surface area contributed by atoms with Crippen molar-refractivity contribution in [2.75, 3.05) is 0 Å². The minimum Gasteiger partial charge on any atom is -0.310 e. The van der Waals surface area contributed by atoms with Crippen molar-refractivity contribution in [3.8, 4) is 0 Å². The first-order chi connectivity index (χ1) is 9.52. The van der Waals surface area contributed by atoms with Gasteiger partial charge in [0.1, 0.15) is 5.03 Å². The summed E-state index contributed by atoms with van der Waals surface area (Å²) in [6.45, 7) is 9.07. The number of nitrogens with zero attached hydrogens (tertiary/aromatic N) is 3. The second-order valence-electron chi connectivity index (χ2n) is 5.08. The van der Waals surface area contributed by atoms with Crippen molar-refractivity contribution in [3.63, 3.8) is 0 Å². The molecule has 0 spiro atoms. The van der Waals surface area contributed by atoms with E-state index >= 15 is 0 Å². The van der Waals surface area contributed by atoms with Crippen molar-refractivity contribution < 1.29 is 0 Å².